The molecule has 4 N–H and O–H groups in total. The van der Waals surface area contributed by atoms with Crippen LogP contribution in [0.4, 0.5) is 17.2 Å². The number of nitrogens with one attached hydrogen (secondary N) is 2. The lowest BCUT2D eigenvalue weighted by Crippen LogP contribution is -2.40. The topological polar surface area (TPSA) is 80.0 Å². The Morgan fingerprint density at radius 2 is 1.91 bits per heavy atom. The number of pyridine rings is 1. The molecule has 2 rings (SSSR count). The fourth-order valence-electron chi connectivity index (χ4n) is 1.95. The van der Waals surface area contributed by atoms with Crippen molar-refractivity contribution in [3.63, 3.8) is 0 Å². The minimum atomic E-state index is -0.507. The van der Waals surface area contributed by atoms with Gasteiger partial charge in [0.1, 0.15) is 5.82 Å². The molecule has 1 aromatic carbocycles. The first kappa shape index (κ1) is 16.0. The maximum absolute atomic E-state index is 12.0. The molecule has 5 nitrogen and oxygen atoms in total. The number of carbonyl (C=O) groups excluding carboxylic acids is 1. The van der Waals surface area contributed by atoms with E-state index in [0.717, 1.165) is 17.9 Å². The van der Waals surface area contributed by atoms with Crippen molar-refractivity contribution in [1.29, 1.82) is 0 Å². The second kappa shape index (κ2) is 7.56. The Balaban J connectivity index is 1.96. The fraction of sp³-hybridized carbons (Fsp3) is 0.294. The summed E-state index contributed by atoms with van der Waals surface area (Å²) in [6, 6.07) is 12.9. The predicted molar refractivity (Wildman–Crippen MR) is 90.0 cm³/mol. The van der Waals surface area contributed by atoms with Crippen molar-refractivity contribution in [1.82, 2.24) is 4.98 Å². The first-order valence-corrected chi connectivity index (χ1v) is 7.44. The third kappa shape index (κ3) is 4.30. The molecule has 1 heterocycles. The summed E-state index contributed by atoms with van der Waals surface area (Å²) in [7, 11) is 0. The quantitative estimate of drug-likeness (QED) is 0.765. The number of benzene rings is 1. The number of hydrogen-bond donors (Lipinski definition) is 3. The molecule has 0 spiro atoms. The third-order valence-corrected chi connectivity index (χ3v) is 3.64. The zero-order valence-corrected chi connectivity index (χ0v) is 12.9. The molecule has 22 heavy (non-hydrogen) atoms. The van der Waals surface area contributed by atoms with E-state index in [1.165, 1.54) is 0 Å². The summed E-state index contributed by atoms with van der Waals surface area (Å²) in [6.07, 6.45) is 2.49. The lowest BCUT2D eigenvalue weighted by molar-refractivity contribution is -0.118. The van der Waals surface area contributed by atoms with Crippen LogP contribution in [0, 0.1) is 5.92 Å². The first-order chi connectivity index (χ1) is 10.6. The zero-order chi connectivity index (χ0) is 15.9. The number of hydrogen-bond acceptors (Lipinski definition) is 4. The van der Waals surface area contributed by atoms with Gasteiger partial charge in [0, 0.05) is 5.69 Å². The van der Waals surface area contributed by atoms with Crippen molar-refractivity contribution in [3.8, 4) is 0 Å². The van der Waals surface area contributed by atoms with Crippen LogP contribution in [-0.2, 0) is 4.79 Å². The van der Waals surface area contributed by atoms with E-state index in [2.05, 4.69) is 15.6 Å². The van der Waals surface area contributed by atoms with Crippen LogP contribution in [0.1, 0.15) is 20.3 Å². The summed E-state index contributed by atoms with van der Waals surface area (Å²) >= 11 is 0. The van der Waals surface area contributed by atoms with Crippen molar-refractivity contribution in [2.45, 2.75) is 26.3 Å². The molecule has 0 aliphatic rings. The maximum atomic E-state index is 12.0. The SMILES string of the molecule is CCC(C)C(N)C(=O)Nc1ccc(Nc2ccccc2)nc1. The van der Waals surface area contributed by atoms with Crippen molar-refractivity contribution in [2.75, 3.05) is 10.6 Å². The van der Waals surface area contributed by atoms with Gasteiger partial charge in [-0.15, -0.1) is 0 Å². The normalized spacial score (nSPS) is 13.2. The molecule has 1 aromatic heterocycles. The number of amides is 1. The highest BCUT2D eigenvalue weighted by atomic mass is 16.2. The highest BCUT2D eigenvalue weighted by Gasteiger charge is 2.19. The number of carbonyl (C=O) groups is 1. The smallest absolute Gasteiger partial charge is 0.241 e. The van der Waals surface area contributed by atoms with Gasteiger partial charge in [-0.2, -0.15) is 0 Å². The van der Waals surface area contributed by atoms with E-state index >= 15 is 0 Å². The monoisotopic (exact) mass is 298 g/mol. The van der Waals surface area contributed by atoms with Crippen LogP contribution in [0.2, 0.25) is 0 Å². The van der Waals surface area contributed by atoms with E-state index in [1.54, 1.807) is 12.3 Å². The zero-order valence-electron chi connectivity index (χ0n) is 12.9. The van der Waals surface area contributed by atoms with E-state index in [-0.39, 0.29) is 11.8 Å². The van der Waals surface area contributed by atoms with E-state index < -0.39 is 6.04 Å². The van der Waals surface area contributed by atoms with Crippen LogP contribution in [-0.4, -0.2) is 16.9 Å². The molecular weight excluding hydrogens is 276 g/mol. The second-order valence-electron chi connectivity index (χ2n) is 5.32. The molecule has 2 unspecified atom stereocenters. The summed E-state index contributed by atoms with van der Waals surface area (Å²) in [5.41, 5.74) is 7.51. The Labute approximate surface area is 130 Å². The molecule has 2 aromatic rings. The van der Waals surface area contributed by atoms with Crippen LogP contribution in [0.15, 0.2) is 48.7 Å². The highest BCUT2D eigenvalue weighted by Crippen LogP contribution is 2.16. The van der Waals surface area contributed by atoms with Gasteiger partial charge in [0.15, 0.2) is 0 Å². The minimum absolute atomic E-state index is 0.145. The Morgan fingerprint density at radius 3 is 2.50 bits per heavy atom. The van der Waals surface area contributed by atoms with Crippen molar-refractivity contribution in [3.05, 3.63) is 48.7 Å². The molecule has 0 fully saturated rings. The molecule has 0 saturated carbocycles. The van der Waals surface area contributed by atoms with Gasteiger partial charge >= 0.3 is 0 Å². The predicted octanol–water partition coefficient (Wildman–Crippen LogP) is 3.14. The maximum Gasteiger partial charge on any atom is 0.241 e. The molecule has 0 radical (unpaired) electrons. The van der Waals surface area contributed by atoms with Crippen molar-refractivity contribution < 1.29 is 4.79 Å². The average Bonchev–Trinajstić information content (AvgIpc) is 2.56. The minimum Gasteiger partial charge on any atom is -0.340 e. The van der Waals surface area contributed by atoms with E-state index in [4.69, 9.17) is 5.73 Å². The summed E-state index contributed by atoms with van der Waals surface area (Å²) in [6.45, 7) is 3.98. The van der Waals surface area contributed by atoms with Gasteiger partial charge in [-0.1, -0.05) is 38.5 Å². The van der Waals surface area contributed by atoms with Crippen LogP contribution < -0.4 is 16.4 Å². The molecule has 0 aliphatic heterocycles. The molecule has 0 aliphatic carbocycles. The van der Waals surface area contributed by atoms with Gasteiger partial charge in [-0.05, 0) is 30.2 Å². The lowest BCUT2D eigenvalue weighted by atomic mass is 9.99. The van der Waals surface area contributed by atoms with E-state index in [1.807, 2.05) is 50.2 Å². The number of rotatable bonds is 6. The van der Waals surface area contributed by atoms with Crippen LogP contribution in [0.3, 0.4) is 0 Å². The summed E-state index contributed by atoms with van der Waals surface area (Å²) in [5.74, 6) is 0.683. The van der Waals surface area contributed by atoms with Crippen LogP contribution >= 0.6 is 0 Å². The summed E-state index contributed by atoms with van der Waals surface area (Å²) in [5, 5.41) is 5.98. The fourth-order valence-corrected chi connectivity index (χ4v) is 1.95. The molecule has 0 saturated heterocycles. The summed E-state index contributed by atoms with van der Waals surface area (Å²) < 4.78 is 0. The third-order valence-electron chi connectivity index (χ3n) is 3.64. The second-order valence-corrected chi connectivity index (χ2v) is 5.32. The van der Waals surface area contributed by atoms with E-state index in [9.17, 15) is 4.79 Å². The van der Waals surface area contributed by atoms with Crippen LogP contribution in [0.5, 0.6) is 0 Å². The van der Waals surface area contributed by atoms with Crippen molar-refractivity contribution >= 4 is 23.1 Å². The number of anilines is 3. The largest absolute Gasteiger partial charge is 0.340 e. The Bertz CT molecular complexity index is 598. The highest BCUT2D eigenvalue weighted by molar-refractivity contribution is 5.94. The Hall–Kier alpha value is -2.40. The number of aromatic nitrogens is 1. The number of para-hydroxylation sites is 1. The van der Waals surface area contributed by atoms with Gasteiger partial charge in [-0.3, -0.25) is 4.79 Å². The van der Waals surface area contributed by atoms with Gasteiger partial charge in [0.05, 0.1) is 17.9 Å². The lowest BCUT2D eigenvalue weighted by Gasteiger charge is -2.17. The van der Waals surface area contributed by atoms with Gasteiger partial charge in [0.25, 0.3) is 0 Å². The van der Waals surface area contributed by atoms with Gasteiger partial charge in [-0.25, -0.2) is 4.98 Å². The van der Waals surface area contributed by atoms with Gasteiger partial charge in [0.2, 0.25) is 5.91 Å². The Morgan fingerprint density at radius 1 is 1.18 bits per heavy atom. The molecule has 5 heteroatoms. The first-order valence-electron chi connectivity index (χ1n) is 7.44. The number of nitrogens with zero attached hydrogens (tertiary/aromatic N) is 1. The standard InChI is InChI=1S/C17H22N4O/c1-3-12(2)16(18)17(22)21-14-9-10-15(19-11-14)20-13-7-5-4-6-8-13/h4-12,16H,3,18H2,1-2H3,(H,19,20)(H,21,22). The molecule has 116 valence electrons. The summed E-state index contributed by atoms with van der Waals surface area (Å²) in [4.78, 5) is 16.3. The van der Waals surface area contributed by atoms with E-state index in [0.29, 0.717) is 5.69 Å². The number of nitrogens with two attached hydrogens (primary N) is 1. The molecular formula is C17H22N4O. The Kier molecular flexibility index (Phi) is 5.49. The van der Waals surface area contributed by atoms with Gasteiger partial charge < -0.3 is 16.4 Å². The molecule has 0 bridgehead atoms. The van der Waals surface area contributed by atoms with Crippen molar-refractivity contribution in [2.24, 2.45) is 11.7 Å². The average molecular weight is 298 g/mol. The molecule has 1 amide bonds. The van der Waals surface area contributed by atoms with Crippen LogP contribution in [0.25, 0.3) is 0 Å². The molecule has 2 atom stereocenters.